The Balaban J connectivity index is 2.32. The molecule has 0 aromatic heterocycles. The molecule has 0 spiro atoms. The van der Waals surface area contributed by atoms with E-state index in [-0.39, 0.29) is 23.8 Å². The van der Waals surface area contributed by atoms with Crippen LogP contribution in [-0.2, 0) is 21.4 Å². The summed E-state index contributed by atoms with van der Waals surface area (Å²) in [4.78, 5) is 11.6. The average Bonchev–Trinajstić information content (AvgIpc) is 2.63. The third-order valence-electron chi connectivity index (χ3n) is 3.36. The molecule has 1 saturated heterocycles. The number of aryl methyl sites for hydroxylation is 1. The standard InChI is InChI=1S/C13H19N3O3S/c1-10-8-11(9-14)2-3-12(10)20(18,19)16-6-4-13(17)15-5-7-16/h2-3,8H,4-7,9,14H2,1H3,(H,15,17). The Morgan fingerprint density at radius 1 is 1.35 bits per heavy atom. The van der Waals surface area contributed by atoms with Crippen molar-refractivity contribution in [2.75, 3.05) is 19.6 Å². The third-order valence-corrected chi connectivity index (χ3v) is 5.42. The van der Waals surface area contributed by atoms with Gasteiger partial charge in [-0.25, -0.2) is 8.42 Å². The van der Waals surface area contributed by atoms with Gasteiger partial charge >= 0.3 is 0 Å². The Hall–Kier alpha value is -1.44. The summed E-state index contributed by atoms with van der Waals surface area (Å²) in [7, 11) is -3.56. The van der Waals surface area contributed by atoms with Crippen molar-refractivity contribution < 1.29 is 13.2 Å². The maximum atomic E-state index is 12.6. The molecule has 1 aliphatic rings. The van der Waals surface area contributed by atoms with E-state index >= 15 is 0 Å². The molecule has 110 valence electrons. The zero-order chi connectivity index (χ0) is 14.8. The summed E-state index contributed by atoms with van der Waals surface area (Å²) in [5.41, 5.74) is 7.13. The van der Waals surface area contributed by atoms with Gasteiger partial charge in [-0.2, -0.15) is 4.31 Å². The number of hydrogen-bond donors (Lipinski definition) is 2. The highest BCUT2D eigenvalue weighted by molar-refractivity contribution is 7.89. The Kier molecular flexibility index (Phi) is 4.42. The fourth-order valence-corrected chi connectivity index (χ4v) is 3.90. The van der Waals surface area contributed by atoms with Crippen molar-refractivity contribution in [3.63, 3.8) is 0 Å². The van der Waals surface area contributed by atoms with Crippen LogP contribution in [0.25, 0.3) is 0 Å². The average molecular weight is 297 g/mol. The fraction of sp³-hybridized carbons (Fsp3) is 0.462. The lowest BCUT2D eigenvalue weighted by Gasteiger charge is -2.20. The number of rotatable bonds is 3. The van der Waals surface area contributed by atoms with E-state index in [2.05, 4.69) is 5.32 Å². The van der Waals surface area contributed by atoms with E-state index in [1.807, 2.05) is 0 Å². The highest BCUT2D eigenvalue weighted by atomic mass is 32.2. The molecule has 1 amide bonds. The van der Waals surface area contributed by atoms with E-state index in [1.165, 1.54) is 4.31 Å². The number of nitrogens with zero attached hydrogens (tertiary/aromatic N) is 1. The van der Waals surface area contributed by atoms with Gasteiger partial charge in [0.2, 0.25) is 15.9 Å². The molecule has 1 aliphatic heterocycles. The molecule has 0 saturated carbocycles. The van der Waals surface area contributed by atoms with Crippen LogP contribution in [0.15, 0.2) is 23.1 Å². The molecule has 0 unspecified atom stereocenters. The van der Waals surface area contributed by atoms with Crippen molar-refractivity contribution in [3.8, 4) is 0 Å². The topological polar surface area (TPSA) is 92.5 Å². The largest absolute Gasteiger partial charge is 0.355 e. The normalized spacial score (nSPS) is 17.6. The molecule has 1 fully saturated rings. The first kappa shape index (κ1) is 15.0. The first-order chi connectivity index (χ1) is 9.45. The van der Waals surface area contributed by atoms with E-state index in [9.17, 15) is 13.2 Å². The molecule has 1 aromatic carbocycles. The highest BCUT2D eigenvalue weighted by Gasteiger charge is 2.27. The van der Waals surface area contributed by atoms with Crippen LogP contribution < -0.4 is 11.1 Å². The fourth-order valence-electron chi connectivity index (χ4n) is 2.25. The molecule has 7 heteroatoms. The molecule has 20 heavy (non-hydrogen) atoms. The van der Waals surface area contributed by atoms with Gasteiger partial charge in [0, 0.05) is 32.6 Å². The van der Waals surface area contributed by atoms with Crippen molar-refractivity contribution in [2.24, 2.45) is 5.73 Å². The molecule has 2 rings (SSSR count). The van der Waals surface area contributed by atoms with Gasteiger partial charge < -0.3 is 11.1 Å². The summed E-state index contributed by atoms with van der Waals surface area (Å²) in [5, 5.41) is 2.67. The van der Waals surface area contributed by atoms with Gasteiger partial charge in [0.15, 0.2) is 0 Å². The second-order valence-corrected chi connectivity index (χ2v) is 6.71. The van der Waals surface area contributed by atoms with Crippen LogP contribution in [0.2, 0.25) is 0 Å². The Labute approximate surface area is 119 Å². The van der Waals surface area contributed by atoms with Gasteiger partial charge in [-0.1, -0.05) is 12.1 Å². The number of hydrogen-bond acceptors (Lipinski definition) is 4. The van der Waals surface area contributed by atoms with Crippen molar-refractivity contribution in [2.45, 2.75) is 24.8 Å². The lowest BCUT2D eigenvalue weighted by molar-refractivity contribution is -0.120. The van der Waals surface area contributed by atoms with E-state index in [0.717, 1.165) is 5.56 Å². The van der Waals surface area contributed by atoms with Crippen LogP contribution in [0.1, 0.15) is 17.5 Å². The van der Waals surface area contributed by atoms with Crippen LogP contribution in [-0.4, -0.2) is 38.3 Å². The molecular weight excluding hydrogens is 278 g/mol. The minimum absolute atomic E-state index is 0.113. The van der Waals surface area contributed by atoms with Crippen molar-refractivity contribution in [1.29, 1.82) is 0 Å². The van der Waals surface area contributed by atoms with Gasteiger partial charge in [0.05, 0.1) is 4.90 Å². The number of nitrogens with two attached hydrogens (primary N) is 1. The van der Waals surface area contributed by atoms with Crippen molar-refractivity contribution in [1.82, 2.24) is 9.62 Å². The quantitative estimate of drug-likeness (QED) is 0.819. The number of carbonyl (C=O) groups is 1. The third kappa shape index (κ3) is 3.00. The predicted octanol–water partition coefficient (Wildman–Crippen LogP) is -0.0357. The van der Waals surface area contributed by atoms with Crippen LogP contribution in [0.5, 0.6) is 0 Å². The van der Waals surface area contributed by atoms with Crippen molar-refractivity contribution in [3.05, 3.63) is 29.3 Å². The van der Waals surface area contributed by atoms with Gasteiger partial charge in [-0.15, -0.1) is 0 Å². The van der Waals surface area contributed by atoms with E-state index in [4.69, 9.17) is 5.73 Å². The van der Waals surface area contributed by atoms with Crippen LogP contribution in [0.4, 0.5) is 0 Å². The second-order valence-electron chi connectivity index (χ2n) is 4.81. The summed E-state index contributed by atoms with van der Waals surface area (Å²) in [6, 6.07) is 5.10. The lowest BCUT2D eigenvalue weighted by Crippen LogP contribution is -2.34. The molecule has 0 atom stereocenters. The molecule has 1 aromatic rings. The molecule has 0 radical (unpaired) electrons. The first-order valence-corrected chi connectivity index (χ1v) is 7.95. The van der Waals surface area contributed by atoms with Gasteiger partial charge in [-0.3, -0.25) is 4.79 Å². The second kappa shape index (κ2) is 5.90. The number of sulfonamides is 1. The molecule has 6 nitrogen and oxygen atoms in total. The highest BCUT2D eigenvalue weighted by Crippen LogP contribution is 2.21. The Morgan fingerprint density at radius 2 is 2.10 bits per heavy atom. The van der Waals surface area contributed by atoms with Gasteiger partial charge in [0.25, 0.3) is 0 Å². The zero-order valence-electron chi connectivity index (χ0n) is 11.4. The summed E-state index contributed by atoms with van der Waals surface area (Å²) in [6.45, 7) is 2.99. The number of amides is 1. The summed E-state index contributed by atoms with van der Waals surface area (Å²) >= 11 is 0. The number of benzene rings is 1. The number of carbonyl (C=O) groups excluding carboxylic acids is 1. The zero-order valence-corrected chi connectivity index (χ0v) is 12.2. The predicted molar refractivity (Wildman–Crippen MR) is 75.5 cm³/mol. The molecule has 0 bridgehead atoms. The van der Waals surface area contributed by atoms with E-state index in [0.29, 0.717) is 25.2 Å². The molecule has 1 heterocycles. The molecular formula is C13H19N3O3S. The molecule has 0 aliphatic carbocycles. The SMILES string of the molecule is Cc1cc(CN)ccc1S(=O)(=O)N1CCNC(=O)CC1. The van der Waals surface area contributed by atoms with Crippen LogP contribution >= 0.6 is 0 Å². The Bertz CT molecular complexity index is 613. The molecule has 3 N–H and O–H groups in total. The first-order valence-electron chi connectivity index (χ1n) is 6.51. The number of nitrogens with one attached hydrogen (secondary N) is 1. The maximum absolute atomic E-state index is 12.6. The summed E-state index contributed by atoms with van der Waals surface area (Å²) in [5.74, 6) is -0.113. The minimum atomic E-state index is -3.56. The Morgan fingerprint density at radius 3 is 2.75 bits per heavy atom. The lowest BCUT2D eigenvalue weighted by atomic mass is 10.1. The van der Waals surface area contributed by atoms with Crippen molar-refractivity contribution >= 4 is 15.9 Å². The van der Waals surface area contributed by atoms with E-state index < -0.39 is 10.0 Å². The summed E-state index contributed by atoms with van der Waals surface area (Å²) in [6.07, 6.45) is 0.194. The van der Waals surface area contributed by atoms with Gasteiger partial charge in [0.1, 0.15) is 0 Å². The summed E-state index contributed by atoms with van der Waals surface area (Å²) < 4.78 is 26.6. The smallest absolute Gasteiger partial charge is 0.243 e. The van der Waals surface area contributed by atoms with Crippen LogP contribution in [0, 0.1) is 6.92 Å². The maximum Gasteiger partial charge on any atom is 0.243 e. The minimum Gasteiger partial charge on any atom is -0.355 e. The van der Waals surface area contributed by atoms with E-state index in [1.54, 1.807) is 25.1 Å². The van der Waals surface area contributed by atoms with Gasteiger partial charge in [-0.05, 0) is 24.1 Å². The van der Waals surface area contributed by atoms with Crippen LogP contribution in [0.3, 0.4) is 0 Å². The monoisotopic (exact) mass is 297 g/mol.